The quantitative estimate of drug-likeness (QED) is 0.753. The van der Waals surface area contributed by atoms with Crippen molar-refractivity contribution in [3.63, 3.8) is 0 Å². The van der Waals surface area contributed by atoms with Gasteiger partial charge < -0.3 is 9.80 Å². The lowest BCUT2D eigenvalue weighted by Crippen LogP contribution is -2.52. The molecule has 2 aromatic heterocycles. The highest BCUT2D eigenvalue weighted by molar-refractivity contribution is 7.15. The molecule has 0 spiro atoms. The van der Waals surface area contributed by atoms with Crippen molar-refractivity contribution >= 4 is 45.8 Å². The van der Waals surface area contributed by atoms with Gasteiger partial charge in [0.1, 0.15) is 0 Å². The van der Waals surface area contributed by atoms with Crippen molar-refractivity contribution in [2.45, 2.75) is 20.8 Å². The molecule has 1 saturated heterocycles. The zero-order valence-electron chi connectivity index (χ0n) is 14.5. The van der Waals surface area contributed by atoms with Crippen LogP contribution in [0, 0.1) is 5.41 Å². The third-order valence-corrected chi connectivity index (χ3v) is 5.19. The van der Waals surface area contributed by atoms with Crippen LogP contribution in [0.2, 0.25) is 5.15 Å². The third-order valence-electron chi connectivity index (χ3n) is 4.16. The lowest BCUT2D eigenvalue weighted by atomic mass is 9.94. The van der Waals surface area contributed by atoms with Crippen molar-refractivity contribution in [1.82, 2.24) is 19.2 Å². The molecule has 0 N–H and O–H groups in total. The van der Waals surface area contributed by atoms with Gasteiger partial charge in [-0.2, -0.15) is 0 Å². The molecule has 134 valence electrons. The fraction of sp³-hybridized carbons (Fsp3) is 0.471. The van der Waals surface area contributed by atoms with Gasteiger partial charge >= 0.3 is 0 Å². The first-order chi connectivity index (χ1) is 11.8. The van der Waals surface area contributed by atoms with Crippen LogP contribution in [0.5, 0.6) is 0 Å². The van der Waals surface area contributed by atoms with Crippen molar-refractivity contribution in [1.29, 1.82) is 0 Å². The number of rotatable bonds is 2. The normalized spacial score (nSPS) is 16.2. The molecule has 8 heteroatoms. The van der Waals surface area contributed by atoms with Crippen molar-refractivity contribution in [2.75, 3.05) is 26.2 Å². The molecule has 0 aliphatic carbocycles. The molecule has 0 saturated carbocycles. The average molecular weight is 381 g/mol. The van der Waals surface area contributed by atoms with E-state index < -0.39 is 5.41 Å². The number of hydrogen-bond donors (Lipinski definition) is 0. The number of halogens is 1. The first kappa shape index (κ1) is 17.9. The maximum Gasteiger partial charge on any atom is 0.246 e. The summed E-state index contributed by atoms with van der Waals surface area (Å²) < 4.78 is 1.86. The van der Waals surface area contributed by atoms with E-state index >= 15 is 0 Å². The van der Waals surface area contributed by atoms with Crippen LogP contribution < -0.4 is 0 Å². The maximum absolute atomic E-state index is 12.4. The lowest BCUT2D eigenvalue weighted by molar-refractivity contribution is -0.143. The number of thiazole rings is 1. The van der Waals surface area contributed by atoms with Gasteiger partial charge in [0.2, 0.25) is 11.8 Å². The summed E-state index contributed by atoms with van der Waals surface area (Å²) in [5.41, 5.74) is 0.310. The number of piperazine rings is 1. The summed E-state index contributed by atoms with van der Waals surface area (Å²) in [4.78, 5) is 33.3. The highest BCUT2D eigenvalue weighted by Gasteiger charge is 2.30. The van der Waals surface area contributed by atoms with Crippen molar-refractivity contribution in [3.8, 4) is 0 Å². The standard InChI is InChI=1S/C17H21ClN4O2S/c1-17(2,3)15(24)21-8-6-20(7-9-21)13(23)5-4-12-14(18)19-16-22(12)10-11-25-16/h4-5,10-11H,6-9H2,1-3H3/b5-4+. The maximum atomic E-state index is 12.4. The number of hydrogen-bond acceptors (Lipinski definition) is 4. The Bertz CT molecular complexity index is 825. The van der Waals surface area contributed by atoms with Gasteiger partial charge in [0.15, 0.2) is 10.1 Å². The molecule has 0 unspecified atom stereocenters. The van der Waals surface area contributed by atoms with E-state index in [-0.39, 0.29) is 11.8 Å². The summed E-state index contributed by atoms with van der Waals surface area (Å²) in [6, 6.07) is 0. The van der Waals surface area contributed by atoms with Crippen LogP contribution in [-0.4, -0.2) is 57.2 Å². The zero-order chi connectivity index (χ0) is 18.2. The Morgan fingerprint density at radius 2 is 1.84 bits per heavy atom. The second-order valence-electron chi connectivity index (χ2n) is 7.04. The summed E-state index contributed by atoms with van der Waals surface area (Å²) in [7, 11) is 0. The van der Waals surface area contributed by atoms with E-state index in [9.17, 15) is 9.59 Å². The molecule has 1 fully saturated rings. The fourth-order valence-corrected chi connectivity index (χ4v) is 3.79. The molecule has 3 heterocycles. The number of carbonyl (C=O) groups excluding carboxylic acids is 2. The summed E-state index contributed by atoms with van der Waals surface area (Å²) in [5, 5.41) is 2.31. The van der Waals surface area contributed by atoms with Crippen LogP contribution >= 0.6 is 22.9 Å². The fourth-order valence-electron chi connectivity index (χ4n) is 2.79. The van der Waals surface area contributed by atoms with E-state index in [2.05, 4.69) is 4.98 Å². The van der Waals surface area contributed by atoms with Gasteiger partial charge in [-0.25, -0.2) is 4.98 Å². The van der Waals surface area contributed by atoms with Crippen LogP contribution in [0.25, 0.3) is 11.0 Å². The Kier molecular flexibility index (Phi) is 4.88. The molecule has 0 aromatic carbocycles. The first-order valence-electron chi connectivity index (χ1n) is 8.15. The number of amides is 2. The molecule has 0 bridgehead atoms. The minimum Gasteiger partial charge on any atom is -0.339 e. The molecular formula is C17H21ClN4O2S. The van der Waals surface area contributed by atoms with Gasteiger partial charge in [-0.15, -0.1) is 11.3 Å². The number of nitrogens with zero attached hydrogens (tertiary/aromatic N) is 4. The second kappa shape index (κ2) is 6.80. The Hall–Kier alpha value is -1.86. The average Bonchev–Trinajstić information content (AvgIpc) is 3.12. The van der Waals surface area contributed by atoms with Crippen LogP contribution in [0.4, 0.5) is 0 Å². The molecule has 2 aromatic rings. The number of fused-ring (bicyclic) bond motifs is 1. The summed E-state index contributed by atoms with van der Waals surface area (Å²) in [6.07, 6.45) is 5.10. The summed E-state index contributed by atoms with van der Waals surface area (Å²) >= 11 is 7.62. The Morgan fingerprint density at radius 1 is 1.20 bits per heavy atom. The van der Waals surface area contributed by atoms with Crippen molar-refractivity contribution < 1.29 is 9.59 Å². The number of aromatic nitrogens is 2. The molecule has 25 heavy (non-hydrogen) atoms. The zero-order valence-corrected chi connectivity index (χ0v) is 16.1. The third kappa shape index (κ3) is 3.72. The predicted molar refractivity (Wildman–Crippen MR) is 99.7 cm³/mol. The molecule has 0 radical (unpaired) electrons. The summed E-state index contributed by atoms with van der Waals surface area (Å²) in [5.74, 6) is 0.0464. The lowest BCUT2D eigenvalue weighted by Gasteiger charge is -2.37. The Balaban J connectivity index is 1.62. The predicted octanol–water partition coefficient (Wildman–Crippen LogP) is 2.78. The topological polar surface area (TPSA) is 57.9 Å². The Morgan fingerprint density at radius 3 is 2.48 bits per heavy atom. The van der Waals surface area contributed by atoms with Crippen molar-refractivity contribution in [3.05, 3.63) is 28.5 Å². The van der Waals surface area contributed by atoms with Gasteiger partial charge in [-0.05, 0) is 6.08 Å². The SMILES string of the molecule is CC(C)(C)C(=O)N1CCN(C(=O)/C=C/c2c(Cl)nc3sccn23)CC1. The van der Waals surface area contributed by atoms with Gasteiger partial charge in [0, 0.05) is 49.2 Å². The molecule has 6 nitrogen and oxygen atoms in total. The first-order valence-corrected chi connectivity index (χ1v) is 9.40. The van der Waals surface area contributed by atoms with Crippen LogP contribution in [0.15, 0.2) is 17.7 Å². The van der Waals surface area contributed by atoms with E-state index in [1.165, 1.54) is 17.4 Å². The van der Waals surface area contributed by atoms with E-state index in [1.54, 1.807) is 11.0 Å². The highest BCUT2D eigenvalue weighted by Crippen LogP contribution is 2.22. The van der Waals surface area contributed by atoms with Crippen LogP contribution in [-0.2, 0) is 9.59 Å². The number of imidazole rings is 1. The van der Waals surface area contributed by atoms with Gasteiger partial charge in [-0.3, -0.25) is 14.0 Å². The minimum absolute atomic E-state index is 0.0795. The molecule has 1 aliphatic heterocycles. The smallest absolute Gasteiger partial charge is 0.246 e. The molecule has 3 rings (SSSR count). The van der Waals surface area contributed by atoms with E-state index in [0.29, 0.717) is 37.0 Å². The van der Waals surface area contributed by atoms with Gasteiger partial charge in [-0.1, -0.05) is 32.4 Å². The molecule has 1 aliphatic rings. The highest BCUT2D eigenvalue weighted by atomic mass is 35.5. The van der Waals surface area contributed by atoms with Crippen molar-refractivity contribution in [2.24, 2.45) is 5.41 Å². The second-order valence-corrected chi connectivity index (χ2v) is 8.28. The number of carbonyl (C=O) groups is 2. The molecule has 2 amide bonds. The van der Waals surface area contributed by atoms with Crippen LogP contribution in [0.1, 0.15) is 26.5 Å². The van der Waals surface area contributed by atoms with E-state index in [0.717, 1.165) is 4.96 Å². The van der Waals surface area contributed by atoms with Gasteiger partial charge in [0.25, 0.3) is 0 Å². The Labute approximate surface area is 155 Å². The minimum atomic E-state index is -0.392. The summed E-state index contributed by atoms with van der Waals surface area (Å²) in [6.45, 7) is 7.95. The van der Waals surface area contributed by atoms with Crippen LogP contribution in [0.3, 0.4) is 0 Å². The monoisotopic (exact) mass is 380 g/mol. The largest absolute Gasteiger partial charge is 0.339 e. The van der Waals surface area contributed by atoms with E-state index in [4.69, 9.17) is 11.6 Å². The van der Waals surface area contributed by atoms with E-state index in [1.807, 2.05) is 41.6 Å². The molecule has 0 atom stereocenters. The molecular weight excluding hydrogens is 360 g/mol. The van der Waals surface area contributed by atoms with Gasteiger partial charge in [0.05, 0.1) is 5.69 Å².